The van der Waals surface area contributed by atoms with Crippen molar-refractivity contribution in [2.24, 2.45) is 10.9 Å². The fraction of sp³-hybridized carbons (Fsp3) is 0.350. The molecule has 28 heavy (non-hydrogen) atoms. The van der Waals surface area contributed by atoms with Gasteiger partial charge in [-0.3, -0.25) is 19.9 Å². The molecule has 0 saturated heterocycles. The van der Waals surface area contributed by atoms with E-state index in [9.17, 15) is 14.9 Å². The lowest BCUT2D eigenvalue weighted by atomic mass is 9.76. The van der Waals surface area contributed by atoms with Gasteiger partial charge in [0, 0.05) is 35.5 Å². The van der Waals surface area contributed by atoms with E-state index in [2.05, 4.69) is 9.98 Å². The van der Waals surface area contributed by atoms with Crippen LogP contribution in [0.1, 0.15) is 37.8 Å². The maximum absolute atomic E-state index is 12.6. The van der Waals surface area contributed by atoms with Crippen LogP contribution in [0, 0.1) is 16.0 Å². The summed E-state index contributed by atoms with van der Waals surface area (Å²) < 4.78 is 10.9. The first-order chi connectivity index (χ1) is 13.3. The van der Waals surface area contributed by atoms with Crippen LogP contribution in [-0.4, -0.2) is 34.8 Å². The normalized spacial score (nSPS) is 18.2. The summed E-state index contributed by atoms with van der Waals surface area (Å²) in [6.07, 6.45) is 1.45. The van der Waals surface area contributed by atoms with E-state index in [4.69, 9.17) is 9.47 Å². The number of hydrogen-bond acceptors (Lipinski definition) is 7. The van der Waals surface area contributed by atoms with E-state index in [1.165, 1.54) is 19.2 Å². The molecule has 1 aliphatic heterocycles. The van der Waals surface area contributed by atoms with Gasteiger partial charge >= 0.3 is 5.97 Å². The average molecular weight is 383 g/mol. The molecule has 0 N–H and O–H groups in total. The third-order valence-electron chi connectivity index (χ3n) is 4.56. The zero-order chi connectivity index (χ0) is 20.4. The van der Waals surface area contributed by atoms with Crippen LogP contribution in [0.15, 0.2) is 41.5 Å². The number of esters is 1. The van der Waals surface area contributed by atoms with Crippen molar-refractivity contribution in [1.29, 1.82) is 0 Å². The Kier molecular flexibility index (Phi) is 5.39. The van der Waals surface area contributed by atoms with E-state index in [1.807, 2.05) is 13.8 Å². The van der Waals surface area contributed by atoms with E-state index in [0.29, 0.717) is 28.4 Å². The molecular formula is C20H21N3O5. The van der Waals surface area contributed by atoms with Crippen molar-refractivity contribution >= 4 is 23.1 Å². The number of rotatable bonds is 5. The van der Waals surface area contributed by atoms with Gasteiger partial charge in [0.15, 0.2) is 0 Å². The number of aromatic nitrogens is 1. The number of nitro benzene ring substituents is 1. The number of pyridine rings is 1. The highest BCUT2D eigenvalue weighted by Crippen LogP contribution is 2.47. The summed E-state index contributed by atoms with van der Waals surface area (Å²) in [5.74, 6) is -1.42. The molecule has 8 heteroatoms. The minimum Gasteiger partial charge on any atom is -0.475 e. The van der Waals surface area contributed by atoms with Crippen molar-refractivity contribution in [2.75, 3.05) is 7.11 Å². The van der Waals surface area contributed by atoms with Gasteiger partial charge in [0.05, 0.1) is 23.8 Å². The molecule has 0 fully saturated rings. The first-order valence-electron chi connectivity index (χ1n) is 8.86. The van der Waals surface area contributed by atoms with Gasteiger partial charge in [0.25, 0.3) is 5.69 Å². The summed E-state index contributed by atoms with van der Waals surface area (Å²) in [5, 5.41) is 11.3. The van der Waals surface area contributed by atoms with Crippen LogP contribution in [0.5, 0.6) is 5.88 Å². The third-order valence-corrected chi connectivity index (χ3v) is 4.56. The van der Waals surface area contributed by atoms with Crippen molar-refractivity contribution in [2.45, 2.75) is 32.8 Å². The number of nitro groups is 1. The van der Waals surface area contributed by atoms with Crippen molar-refractivity contribution in [3.8, 4) is 5.88 Å². The Morgan fingerprint density at radius 2 is 2.04 bits per heavy atom. The molecule has 2 unspecified atom stereocenters. The van der Waals surface area contributed by atoms with Crippen LogP contribution in [0.25, 0.3) is 0 Å². The maximum Gasteiger partial charge on any atom is 0.315 e. The average Bonchev–Trinajstić information content (AvgIpc) is 2.66. The van der Waals surface area contributed by atoms with Crippen molar-refractivity contribution in [3.05, 3.63) is 57.8 Å². The number of carbonyl (C=O) groups is 1. The Hall–Kier alpha value is -3.29. The molecule has 146 valence electrons. The minimum atomic E-state index is -0.738. The molecule has 2 aromatic rings. The molecule has 8 nitrogen and oxygen atoms in total. The molecule has 1 aromatic heterocycles. The molecule has 1 aromatic carbocycles. The summed E-state index contributed by atoms with van der Waals surface area (Å²) in [5.41, 5.74) is 2.36. The lowest BCUT2D eigenvalue weighted by Gasteiger charge is -2.31. The second-order valence-electron chi connectivity index (χ2n) is 6.80. The lowest BCUT2D eigenvalue weighted by Crippen LogP contribution is -2.33. The maximum atomic E-state index is 12.6. The molecular weight excluding hydrogens is 362 g/mol. The van der Waals surface area contributed by atoms with Gasteiger partial charge in [-0.25, -0.2) is 4.98 Å². The van der Waals surface area contributed by atoms with Gasteiger partial charge < -0.3 is 9.47 Å². The van der Waals surface area contributed by atoms with Gasteiger partial charge in [-0.15, -0.1) is 0 Å². The highest BCUT2D eigenvalue weighted by atomic mass is 16.6. The fourth-order valence-electron chi connectivity index (χ4n) is 3.44. The Labute approximate surface area is 162 Å². The Morgan fingerprint density at radius 3 is 2.68 bits per heavy atom. The summed E-state index contributed by atoms with van der Waals surface area (Å²) >= 11 is 0. The van der Waals surface area contributed by atoms with E-state index in [-0.39, 0.29) is 11.8 Å². The molecule has 2 atom stereocenters. The van der Waals surface area contributed by atoms with Gasteiger partial charge in [-0.2, -0.15) is 0 Å². The third kappa shape index (κ3) is 3.58. The largest absolute Gasteiger partial charge is 0.475 e. The first kappa shape index (κ1) is 19.5. The highest BCUT2D eigenvalue weighted by molar-refractivity contribution is 6.05. The smallest absolute Gasteiger partial charge is 0.315 e. The second-order valence-corrected chi connectivity index (χ2v) is 6.80. The molecule has 0 saturated carbocycles. The number of benzene rings is 1. The van der Waals surface area contributed by atoms with Crippen LogP contribution >= 0.6 is 0 Å². The fourth-order valence-corrected chi connectivity index (χ4v) is 3.44. The van der Waals surface area contributed by atoms with Gasteiger partial charge in [-0.05, 0) is 32.4 Å². The molecule has 0 radical (unpaired) electrons. The number of ether oxygens (including phenoxy) is 2. The zero-order valence-corrected chi connectivity index (χ0v) is 16.1. The molecule has 0 aliphatic carbocycles. The van der Waals surface area contributed by atoms with E-state index < -0.39 is 22.7 Å². The van der Waals surface area contributed by atoms with Gasteiger partial charge in [-0.1, -0.05) is 12.1 Å². The summed E-state index contributed by atoms with van der Waals surface area (Å²) in [4.78, 5) is 32.3. The number of nitrogens with zero attached hydrogens (tertiary/aromatic N) is 3. The van der Waals surface area contributed by atoms with Crippen LogP contribution in [-0.2, 0) is 9.53 Å². The van der Waals surface area contributed by atoms with Crippen LogP contribution in [0.2, 0.25) is 0 Å². The first-order valence-corrected chi connectivity index (χ1v) is 8.86. The number of methoxy groups -OCH3 is 1. The molecule has 0 spiro atoms. The number of aliphatic imine (C=N–C) groups is 1. The molecule has 0 bridgehead atoms. The SMILES string of the molecule is COC(=O)C1C(C)=Nc2ccnc(OC(C)C)c2C1c1cccc([N+](=O)[O-])c1. The Morgan fingerprint density at radius 1 is 1.29 bits per heavy atom. The van der Waals surface area contributed by atoms with Crippen LogP contribution in [0.4, 0.5) is 11.4 Å². The Bertz CT molecular complexity index is 955. The second kappa shape index (κ2) is 7.75. The topological polar surface area (TPSA) is 104 Å². The highest BCUT2D eigenvalue weighted by Gasteiger charge is 2.41. The zero-order valence-electron chi connectivity index (χ0n) is 16.1. The van der Waals surface area contributed by atoms with Crippen LogP contribution < -0.4 is 4.74 Å². The van der Waals surface area contributed by atoms with Crippen LogP contribution in [0.3, 0.4) is 0 Å². The van der Waals surface area contributed by atoms with Gasteiger partial charge in [0.2, 0.25) is 5.88 Å². The van der Waals surface area contributed by atoms with E-state index in [1.54, 1.807) is 31.3 Å². The van der Waals surface area contributed by atoms with E-state index >= 15 is 0 Å². The summed E-state index contributed by atoms with van der Waals surface area (Å²) in [6, 6.07) is 7.97. The summed E-state index contributed by atoms with van der Waals surface area (Å²) in [7, 11) is 1.31. The lowest BCUT2D eigenvalue weighted by molar-refractivity contribution is -0.384. The quantitative estimate of drug-likeness (QED) is 0.442. The number of fused-ring (bicyclic) bond motifs is 1. The predicted molar refractivity (Wildman–Crippen MR) is 103 cm³/mol. The minimum absolute atomic E-state index is 0.0574. The number of non-ortho nitro benzene ring substituents is 1. The van der Waals surface area contributed by atoms with Gasteiger partial charge in [0.1, 0.15) is 5.92 Å². The monoisotopic (exact) mass is 383 g/mol. The number of carbonyl (C=O) groups excluding carboxylic acids is 1. The molecule has 0 amide bonds. The molecule has 2 heterocycles. The standard InChI is InChI=1S/C20H21N3O5/c1-11(2)28-19-18-15(8-9-21-19)22-12(3)16(20(24)27-4)17(18)13-6-5-7-14(10-13)23(25)26/h5-11,16-17H,1-4H3. The van der Waals surface area contributed by atoms with E-state index in [0.717, 1.165) is 0 Å². The number of hydrogen-bond donors (Lipinski definition) is 0. The van der Waals surface area contributed by atoms with Crippen molar-refractivity contribution in [1.82, 2.24) is 4.98 Å². The summed E-state index contributed by atoms with van der Waals surface area (Å²) in [6.45, 7) is 5.50. The van der Waals surface area contributed by atoms with Crippen molar-refractivity contribution < 1.29 is 19.2 Å². The predicted octanol–water partition coefficient (Wildman–Crippen LogP) is 3.80. The molecule has 1 aliphatic rings. The van der Waals surface area contributed by atoms with Crippen molar-refractivity contribution in [3.63, 3.8) is 0 Å². The molecule has 3 rings (SSSR count). The Balaban J connectivity index is 2.27.